The molecule has 1 aliphatic carbocycles. The van der Waals surface area contributed by atoms with E-state index in [4.69, 9.17) is 0 Å². The average Bonchev–Trinajstić information content (AvgIpc) is 2.75. The van der Waals surface area contributed by atoms with E-state index in [1.165, 1.54) is 36.8 Å². The van der Waals surface area contributed by atoms with Crippen LogP contribution >= 0.6 is 0 Å². The summed E-state index contributed by atoms with van der Waals surface area (Å²) in [5, 5.41) is 6.63. The Morgan fingerprint density at radius 3 is 2.50 bits per heavy atom. The first-order chi connectivity index (χ1) is 9.83. The maximum Gasteiger partial charge on any atom is 0.237 e. The lowest BCUT2D eigenvalue weighted by atomic mass is 9.95. The van der Waals surface area contributed by atoms with Gasteiger partial charge >= 0.3 is 0 Å². The zero-order valence-corrected chi connectivity index (χ0v) is 12.0. The van der Waals surface area contributed by atoms with Gasteiger partial charge in [-0.25, -0.2) is 0 Å². The molecule has 1 saturated carbocycles. The van der Waals surface area contributed by atoms with Crippen LogP contribution in [0.2, 0.25) is 0 Å². The Kier molecular flexibility index (Phi) is 4.36. The van der Waals surface area contributed by atoms with E-state index in [-0.39, 0.29) is 11.9 Å². The molecule has 1 amide bonds. The molecule has 2 N–H and O–H groups in total. The summed E-state index contributed by atoms with van der Waals surface area (Å²) >= 11 is 0. The topological polar surface area (TPSA) is 41.1 Å². The average molecular weight is 272 g/mol. The van der Waals surface area contributed by atoms with E-state index in [0.29, 0.717) is 6.04 Å². The SMILES string of the molecule is O=C(NC1CCCCCC1)[C@H]1Cc2ccccc2CN1. The maximum atomic E-state index is 12.4. The van der Waals surface area contributed by atoms with Gasteiger partial charge in [0, 0.05) is 12.6 Å². The highest BCUT2D eigenvalue weighted by Gasteiger charge is 2.25. The van der Waals surface area contributed by atoms with Crippen molar-refractivity contribution in [2.24, 2.45) is 0 Å². The predicted molar refractivity (Wildman–Crippen MR) is 80.4 cm³/mol. The number of amides is 1. The van der Waals surface area contributed by atoms with Crippen LogP contribution < -0.4 is 10.6 Å². The number of nitrogens with one attached hydrogen (secondary N) is 2. The molecule has 0 spiro atoms. The van der Waals surface area contributed by atoms with E-state index in [0.717, 1.165) is 25.8 Å². The fourth-order valence-electron chi connectivity index (χ4n) is 3.37. The molecule has 1 fully saturated rings. The molecule has 20 heavy (non-hydrogen) atoms. The number of benzene rings is 1. The summed E-state index contributed by atoms with van der Waals surface area (Å²) in [5.74, 6) is 0.186. The number of hydrogen-bond donors (Lipinski definition) is 2. The number of carbonyl (C=O) groups is 1. The van der Waals surface area contributed by atoms with Crippen LogP contribution in [0.15, 0.2) is 24.3 Å². The van der Waals surface area contributed by atoms with Gasteiger partial charge in [0.25, 0.3) is 0 Å². The van der Waals surface area contributed by atoms with Crippen molar-refractivity contribution in [2.45, 2.75) is 63.6 Å². The van der Waals surface area contributed by atoms with Gasteiger partial charge in [-0.05, 0) is 30.4 Å². The van der Waals surface area contributed by atoms with Crippen molar-refractivity contribution in [2.75, 3.05) is 0 Å². The van der Waals surface area contributed by atoms with Gasteiger partial charge in [-0.15, -0.1) is 0 Å². The third-order valence-electron chi connectivity index (χ3n) is 4.60. The second kappa shape index (κ2) is 6.40. The van der Waals surface area contributed by atoms with Gasteiger partial charge in [0.05, 0.1) is 6.04 Å². The van der Waals surface area contributed by atoms with Gasteiger partial charge in [-0.2, -0.15) is 0 Å². The van der Waals surface area contributed by atoms with Crippen molar-refractivity contribution in [1.29, 1.82) is 0 Å². The minimum atomic E-state index is -0.0619. The minimum Gasteiger partial charge on any atom is -0.352 e. The van der Waals surface area contributed by atoms with E-state index < -0.39 is 0 Å². The molecule has 1 heterocycles. The second-order valence-corrected chi connectivity index (χ2v) is 6.10. The summed E-state index contributed by atoms with van der Waals surface area (Å²) in [7, 11) is 0. The lowest BCUT2D eigenvalue weighted by Crippen LogP contribution is -2.50. The maximum absolute atomic E-state index is 12.4. The minimum absolute atomic E-state index is 0.0619. The largest absolute Gasteiger partial charge is 0.352 e. The molecule has 0 aromatic heterocycles. The smallest absolute Gasteiger partial charge is 0.237 e. The molecule has 0 bridgehead atoms. The Balaban J connectivity index is 1.58. The highest BCUT2D eigenvalue weighted by atomic mass is 16.2. The van der Waals surface area contributed by atoms with Crippen molar-refractivity contribution in [3.05, 3.63) is 35.4 Å². The number of hydrogen-bond acceptors (Lipinski definition) is 2. The summed E-state index contributed by atoms with van der Waals surface area (Å²) in [6.45, 7) is 0.804. The van der Waals surface area contributed by atoms with Crippen LogP contribution in [0, 0.1) is 0 Å². The predicted octanol–water partition coefficient (Wildman–Crippen LogP) is 2.54. The Hall–Kier alpha value is -1.35. The van der Waals surface area contributed by atoms with E-state index >= 15 is 0 Å². The molecule has 1 aromatic rings. The van der Waals surface area contributed by atoms with E-state index in [1.54, 1.807) is 0 Å². The molecule has 1 atom stereocenters. The Morgan fingerprint density at radius 2 is 1.75 bits per heavy atom. The van der Waals surface area contributed by atoms with Crippen molar-refractivity contribution in [3.8, 4) is 0 Å². The number of rotatable bonds is 2. The van der Waals surface area contributed by atoms with Gasteiger partial charge in [-0.1, -0.05) is 49.9 Å². The molecular formula is C17H24N2O. The van der Waals surface area contributed by atoms with Crippen molar-refractivity contribution in [3.63, 3.8) is 0 Å². The summed E-state index contributed by atoms with van der Waals surface area (Å²) in [4.78, 5) is 12.4. The number of fused-ring (bicyclic) bond motifs is 1. The summed E-state index contributed by atoms with van der Waals surface area (Å²) in [6, 6.07) is 8.73. The molecule has 0 unspecified atom stereocenters. The molecule has 1 aliphatic heterocycles. The van der Waals surface area contributed by atoms with E-state index in [2.05, 4.69) is 34.9 Å². The second-order valence-electron chi connectivity index (χ2n) is 6.10. The Labute approximate surface area is 121 Å². The monoisotopic (exact) mass is 272 g/mol. The van der Waals surface area contributed by atoms with Crippen LogP contribution in [0.3, 0.4) is 0 Å². The molecule has 0 saturated heterocycles. The van der Waals surface area contributed by atoms with Crippen molar-refractivity contribution >= 4 is 5.91 Å². The first kappa shape index (κ1) is 13.6. The molecule has 3 nitrogen and oxygen atoms in total. The van der Waals surface area contributed by atoms with Gasteiger partial charge in [0.2, 0.25) is 5.91 Å². The van der Waals surface area contributed by atoms with Gasteiger partial charge in [0.1, 0.15) is 0 Å². The zero-order valence-electron chi connectivity index (χ0n) is 12.0. The lowest BCUT2D eigenvalue weighted by Gasteiger charge is -2.27. The quantitative estimate of drug-likeness (QED) is 0.812. The number of carbonyl (C=O) groups excluding carboxylic acids is 1. The Morgan fingerprint density at radius 1 is 1.05 bits per heavy atom. The standard InChI is InChI=1S/C17H24N2O/c20-17(19-15-9-3-1-2-4-10-15)16-11-13-7-5-6-8-14(13)12-18-16/h5-8,15-16,18H,1-4,9-12H2,(H,19,20)/t16-/m1/s1. The van der Waals surface area contributed by atoms with Crippen molar-refractivity contribution < 1.29 is 4.79 Å². The fourth-order valence-corrected chi connectivity index (χ4v) is 3.37. The van der Waals surface area contributed by atoms with Crippen LogP contribution in [0.1, 0.15) is 49.7 Å². The molecule has 0 radical (unpaired) electrons. The van der Waals surface area contributed by atoms with E-state index in [1.807, 2.05) is 0 Å². The van der Waals surface area contributed by atoms with Gasteiger partial charge < -0.3 is 10.6 Å². The molecule has 1 aromatic carbocycles. The molecule has 108 valence electrons. The third kappa shape index (κ3) is 3.21. The lowest BCUT2D eigenvalue weighted by molar-refractivity contribution is -0.124. The van der Waals surface area contributed by atoms with Gasteiger partial charge in [0.15, 0.2) is 0 Å². The molecule has 2 aliphatic rings. The third-order valence-corrected chi connectivity index (χ3v) is 4.60. The van der Waals surface area contributed by atoms with Gasteiger partial charge in [-0.3, -0.25) is 4.79 Å². The normalized spacial score (nSPS) is 23.7. The van der Waals surface area contributed by atoms with Crippen LogP contribution in [0.5, 0.6) is 0 Å². The van der Waals surface area contributed by atoms with E-state index in [9.17, 15) is 4.79 Å². The van der Waals surface area contributed by atoms with Crippen LogP contribution in [0.4, 0.5) is 0 Å². The highest BCUT2D eigenvalue weighted by Crippen LogP contribution is 2.19. The first-order valence-corrected chi connectivity index (χ1v) is 7.93. The fraction of sp³-hybridized carbons (Fsp3) is 0.588. The van der Waals surface area contributed by atoms with Crippen LogP contribution in [0.25, 0.3) is 0 Å². The molecular weight excluding hydrogens is 248 g/mol. The highest BCUT2D eigenvalue weighted by molar-refractivity contribution is 5.82. The summed E-state index contributed by atoms with van der Waals surface area (Å²) < 4.78 is 0. The molecule has 3 heteroatoms. The summed E-state index contributed by atoms with van der Waals surface area (Å²) in [5.41, 5.74) is 2.64. The molecule has 3 rings (SSSR count). The van der Waals surface area contributed by atoms with Crippen LogP contribution in [-0.4, -0.2) is 18.0 Å². The summed E-state index contributed by atoms with van der Waals surface area (Å²) in [6.07, 6.45) is 8.26. The van der Waals surface area contributed by atoms with Crippen molar-refractivity contribution in [1.82, 2.24) is 10.6 Å². The first-order valence-electron chi connectivity index (χ1n) is 7.93. The Bertz CT molecular complexity index is 464. The van der Waals surface area contributed by atoms with Crippen LogP contribution in [-0.2, 0) is 17.8 Å². The zero-order chi connectivity index (χ0) is 13.8.